The van der Waals surface area contributed by atoms with E-state index >= 15 is 0 Å². The Bertz CT molecular complexity index is 493. The minimum absolute atomic E-state index is 0.0436. The normalized spacial score (nSPS) is 23.1. The van der Waals surface area contributed by atoms with Crippen molar-refractivity contribution in [2.75, 3.05) is 34.4 Å². The lowest BCUT2D eigenvalue weighted by Gasteiger charge is -2.23. The minimum Gasteiger partial charge on any atom is -0.492 e. The smallest absolute Gasteiger partial charge is 0.197 e. The molecule has 2 rings (SSSR count). The SMILES string of the molecule is COc1c(C)cc(C2CC(CN)CN2C)c(F)c1OC. The number of ether oxygens (including phenoxy) is 2. The highest BCUT2D eigenvalue weighted by molar-refractivity contribution is 5.51. The molecule has 0 amide bonds. The summed E-state index contributed by atoms with van der Waals surface area (Å²) in [6.07, 6.45) is 0.874. The summed E-state index contributed by atoms with van der Waals surface area (Å²) < 4.78 is 25.1. The van der Waals surface area contributed by atoms with Gasteiger partial charge < -0.3 is 15.2 Å². The van der Waals surface area contributed by atoms with Gasteiger partial charge in [0.25, 0.3) is 0 Å². The van der Waals surface area contributed by atoms with E-state index in [1.54, 1.807) is 0 Å². The summed E-state index contributed by atoms with van der Waals surface area (Å²) in [5.74, 6) is 0.735. The number of methoxy groups -OCH3 is 2. The van der Waals surface area contributed by atoms with Crippen LogP contribution >= 0.6 is 0 Å². The Morgan fingerprint density at radius 2 is 2.00 bits per heavy atom. The van der Waals surface area contributed by atoms with Crippen molar-refractivity contribution in [2.24, 2.45) is 11.7 Å². The van der Waals surface area contributed by atoms with Gasteiger partial charge in [-0.2, -0.15) is 0 Å². The molecule has 0 bridgehead atoms. The van der Waals surface area contributed by atoms with Crippen LogP contribution in [0.15, 0.2) is 6.07 Å². The quantitative estimate of drug-likeness (QED) is 0.919. The Morgan fingerprint density at radius 3 is 2.50 bits per heavy atom. The van der Waals surface area contributed by atoms with Gasteiger partial charge in [0.15, 0.2) is 17.3 Å². The second-order valence-corrected chi connectivity index (χ2v) is 5.46. The molecular weight excluding hydrogens is 259 g/mol. The monoisotopic (exact) mass is 282 g/mol. The third-order valence-electron chi connectivity index (χ3n) is 4.12. The highest BCUT2D eigenvalue weighted by Crippen LogP contribution is 2.42. The topological polar surface area (TPSA) is 47.7 Å². The van der Waals surface area contributed by atoms with E-state index < -0.39 is 0 Å². The van der Waals surface area contributed by atoms with Crippen LogP contribution in [-0.4, -0.2) is 39.3 Å². The zero-order valence-corrected chi connectivity index (χ0v) is 12.6. The van der Waals surface area contributed by atoms with Crippen LogP contribution in [0.1, 0.15) is 23.6 Å². The fraction of sp³-hybridized carbons (Fsp3) is 0.600. The van der Waals surface area contributed by atoms with Gasteiger partial charge in [0.2, 0.25) is 0 Å². The fourth-order valence-electron chi connectivity index (χ4n) is 3.09. The van der Waals surface area contributed by atoms with E-state index in [0.29, 0.717) is 23.8 Å². The molecule has 1 aliphatic heterocycles. The molecule has 2 N–H and O–H groups in total. The van der Waals surface area contributed by atoms with Gasteiger partial charge in [0.05, 0.1) is 14.2 Å². The predicted octanol–water partition coefficient (Wildman–Crippen LogP) is 2.10. The number of aryl methyl sites for hydroxylation is 1. The Hall–Kier alpha value is -1.33. The predicted molar refractivity (Wildman–Crippen MR) is 76.8 cm³/mol. The van der Waals surface area contributed by atoms with Crippen LogP contribution in [0.3, 0.4) is 0 Å². The van der Waals surface area contributed by atoms with Gasteiger partial charge in [-0.15, -0.1) is 0 Å². The minimum atomic E-state index is -0.329. The summed E-state index contributed by atoms with van der Waals surface area (Å²) in [7, 11) is 4.99. The second kappa shape index (κ2) is 5.97. The van der Waals surface area contributed by atoms with Crippen LogP contribution in [0.25, 0.3) is 0 Å². The number of benzene rings is 1. The van der Waals surface area contributed by atoms with Crippen LogP contribution in [0.4, 0.5) is 4.39 Å². The zero-order chi connectivity index (χ0) is 14.9. The van der Waals surface area contributed by atoms with Crippen molar-refractivity contribution in [1.82, 2.24) is 4.90 Å². The Morgan fingerprint density at radius 1 is 1.35 bits per heavy atom. The van der Waals surface area contributed by atoms with Crippen molar-refractivity contribution < 1.29 is 13.9 Å². The number of nitrogens with zero attached hydrogens (tertiary/aromatic N) is 1. The van der Waals surface area contributed by atoms with E-state index in [-0.39, 0.29) is 17.6 Å². The van der Waals surface area contributed by atoms with E-state index in [1.807, 2.05) is 20.0 Å². The highest BCUT2D eigenvalue weighted by Gasteiger charge is 2.33. The van der Waals surface area contributed by atoms with Crippen LogP contribution in [-0.2, 0) is 0 Å². The van der Waals surface area contributed by atoms with Gasteiger partial charge in [0, 0.05) is 18.2 Å². The lowest BCUT2D eigenvalue weighted by molar-refractivity contribution is 0.296. The second-order valence-electron chi connectivity index (χ2n) is 5.46. The maximum absolute atomic E-state index is 14.7. The highest BCUT2D eigenvalue weighted by atomic mass is 19.1. The molecule has 0 aliphatic carbocycles. The molecule has 5 heteroatoms. The average molecular weight is 282 g/mol. The summed E-state index contributed by atoms with van der Waals surface area (Å²) in [4.78, 5) is 2.15. The largest absolute Gasteiger partial charge is 0.492 e. The molecule has 1 aliphatic rings. The Balaban J connectivity index is 2.45. The molecule has 20 heavy (non-hydrogen) atoms. The number of likely N-dealkylation sites (tertiary alicyclic amines) is 1. The van der Waals surface area contributed by atoms with Gasteiger partial charge in [-0.1, -0.05) is 0 Å². The molecule has 0 aromatic heterocycles. The number of nitrogens with two attached hydrogens (primary N) is 1. The molecule has 1 fully saturated rings. The van der Waals surface area contributed by atoms with E-state index in [1.165, 1.54) is 14.2 Å². The molecule has 0 saturated carbocycles. The summed E-state index contributed by atoms with van der Waals surface area (Å²) >= 11 is 0. The van der Waals surface area contributed by atoms with Crippen molar-refractivity contribution in [1.29, 1.82) is 0 Å². The Kier molecular flexibility index (Phi) is 4.50. The summed E-state index contributed by atoms with van der Waals surface area (Å²) in [6, 6.07) is 1.90. The molecule has 4 nitrogen and oxygen atoms in total. The van der Waals surface area contributed by atoms with Crippen molar-refractivity contribution in [3.63, 3.8) is 0 Å². The maximum atomic E-state index is 14.7. The van der Waals surface area contributed by atoms with Gasteiger partial charge >= 0.3 is 0 Å². The van der Waals surface area contributed by atoms with Crippen LogP contribution in [0.5, 0.6) is 11.5 Å². The number of halogens is 1. The molecule has 112 valence electrons. The van der Waals surface area contributed by atoms with E-state index in [4.69, 9.17) is 15.2 Å². The van der Waals surface area contributed by atoms with Crippen LogP contribution < -0.4 is 15.2 Å². The molecule has 0 radical (unpaired) electrons. The standard InChI is InChI=1S/C15H23FN2O2/c1-9-5-11(12-6-10(7-17)8-18(12)2)13(16)15(20-4)14(9)19-3/h5,10,12H,6-8,17H2,1-4H3. The van der Waals surface area contributed by atoms with E-state index in [9.17, 15) is 4.39 Å². The summed E-state index contributed by atoms with van der Waals surface area (Å²) in [6.45, 7) is 3.43. The first-order chi connectivity index (χ1) is 9.53. The van der Waals surface area contributed by atoms with E-state index in [2.05, 4.69) is 4.90 Å². The maximum Gasteiger partial charge on any atom is 0.197 e. The fourth-order valence-corrected chi connectivity index (χ4v) is 3.09. The Labute approximate surface area is 119 Å². The average Bonchev–Trinajstić information content (AvgIpc) is 2.81. The van der Waals surface area contributed by atoms with E-state index in [0.717, 1.165) is 18.5 Å². The first kappa shape index (κ1) is 15.1. The zero-order valence-electron chi connectivity index (χ0n) is 12.6. The molecule has 1 saturated heterocycles. The van der Waals surface area contributed by atoms with Gasteiger partial charge in [0.1, 0.15) is 0 Å². The summed E-state index contributed by atoms with van der Waals surface area (Å²) in [5.41, 5.74) is 7.29. The number of rotatable bonds is 4. The molecule has 2 atom stereocenters. The molecule has 2 unspecified atom stereocenters. The van der Waals surface area contributed by atoms with Gasteiger partial charge in [-0.25, -0.2) is 4.39 Å². The molecule has 1 aromatic rings. The van der Waals surface area contributed by atoms with Crippen LogP contribution in [0, 0.1) is 18.7 Å². The third kappa shape index (κ3) is 2.47. The first-order valence-corrected chi connectivity index (χ1v) is 6.84. The van der Waals surface area contributed by atoms with Gasteiger partial charge in [-0.3, -0.25) is 4.90 Å². The van der Waals surface area contributed by atoms with Crippen molar-refractivity contribution in [3.05, 3.63) is 23.0 Å². The summed E-state index contributed by atoms with van der Waals surface area (Å²) in [5, 5.41) is 0. The molecular formula is C15H23FN2O2. The van der Waals surface area contributed by atoms with Crippen molar-refractivity contribution in [2.45, 2.75) is 19.4 Å². The van der Waals surface area contributed by atoms with Crippen molar-refractivity contribution >= 4 is 0 Å². The van der Waals surface area contributed by atoms with Crippen LogP contribution in [0.2, 0.25) is 0 Å². The lowest BCUT2D eigenvalue weighted by Crippen LogP contribution is -2.21. The third-order valence-corrected chi connectivity index (χ3v) is 4.12. The van der Waals surface area contributed by atoms with Crippen molar-refractivity contribution in [3.8, 4) is 11.5 Å². The molecule has 0 spiro atoms. The van der Waals surface area contributed by atoms with Gasteiger partial charge in [-0.05, 0) is 44.5 Å². The number of hydrogen-bond donors (Lipinski definition) is 1. The first-order valence-electron chi connectivity index (χ1n) is 6.84. The molecule has 1 heterocycles. The number of hydrogen-bond acceptors (Lipinski definition) is 4. The lowest BCUT2D eigenvalue weighted by atomic mass is 9.97. The molecule has 1 aromatic carbocycles.